The molecule has 0 aliphatic rings. The van der Waals surface area contributed by atoms with Crippen molar-refractivity contribution >= 4 is 15.9 Å². The van der Waals surface area contributed by atoms with Gasteiger partial charge < -0.3 is 5.11 Å². The van der Waals surface area contributed by atoms with Gasteiger partial charge in [0.2, 0.25) is 0 Å². The molecule has 112 valence electrons. The highest BCUT2D eigenvalue weighted by Crippen LogP contribution is 2.34. The Bertz CT molecular complexity index is 667. The number of aliphatic hydroxyl groups excluding tert-OH is 1. The van der Waals surface area contributed by atoms with E-state index in [4.69, 9.17) is 0 Å². The number of halogens is 5. The van der Waals surface area contributed by atoms with Gasteiger partial charge in [-0.1, -0.05) is 22.0 Å². The molecular formula is C15H11BrF4O. The van der Waals surface area contributed by atoms with E-state index in [0.717, 1.165) is 12.1 Å². The topological polar surface area (TPSA) is 20.2 Å². The molecular weight excluding hydrogens is 352 g/mol. The van der Waals surface area contributed by atoms with Crippen LogP contribution in [0.4, 0.5) is 17.6 Å². The molecule has 1 nitrogen and oxygen atoms in total. The average Bonchev–Trinajstić information content (AvgIpc) is 2.39. The Labute approximate surface area is 127 Å². The molecule has 0 saturated carbocycles. The highest BCUT2D eigenvalue weighted by molar-refractivity contribution is 9.10. The zero-order valence-electron chi connectivity index (χ0n) is 10.9. The molecule has 0 bridgehead atoms. The molecule has 2 aromatic carbocycles. The van der Waals surface area contributed by atoms with Crippen LogP contribution in [0.5, 0.6) is 0 Å². The van der Waals surface area contributed by atoms with Gasteiger partial charge in [0.05, 0.1) is 5.56 Å². The van der Waals surface area contributed by atoms with Gasteiger partial charge in [0.15, 0.2) is 0 Å². The van der Waals surface area contributed by atoms with E-state index < -0.39 is 23.7 Å². The monoisotopic (exact) mass is 362 g/mol. The van der Waals surface area contributed by atoms with Crippen LogP contribution in [0, 0.1) is 12.7 Å². The first-order valence-electron chi connectivity index (χ1n) is 6.01. The molecule has 6 heteroatoms. The molecule has 0 spiro atoms. The largest absolute Gasteiger partial charge is 0.416 e. The second kappa shape index (κ2) is 5.77. The molecule has 0 amide bonds. The molecule has 1 atom stereocenters. The summed E-state index contributed by atoms with van der Waals surface area (Å²) >= 11 is 3.17. The molecule has 0 heterocycles. The molecule has 0 aromatic heterocycles. The lowest BCUT2D eigenvalue weighted by atomic mass is 9.95. The predicted octanol–water partition coefficient (Wildman–Crippen LogP) is 5.00. The van der Waals surface area contributed by atoms with Crippen molar-refractivity contribution in [2.45, 2.75) is 19.2 Å². The molecule has 0 aliphatic carbocycles. The zero-order valence-corrected chi connectivity index (χ0v) is 12.5. The molecule has 2 aromatic rings. The van der Waals surface area contributed by atoms with Gasteiger partial charge in [0.25, 0.3) is 0 Å². The maximum atomic E-state index is 13.7. The van der Waals surface area contributed by atoms with Crippen molar-refractivity contribution in [2.75, 3.05) is 0 Å². The number of rotatable bonds is 2. The van der Waals surface area contributed by atoms with Crippen molar-refractivity contribution in [3.05, 3.63) is 68.9 Å². The fourth-order valence-electron chi connectivity index (χ4n) is 2.05. The van der Waals surface area contributed by atoms with Gasteiger partial charge in [-0.15, -0.1) is 0 Å². The summed E-state index contributed by atoms with van der Waals surface area (Å²) in [5, 5.41) is 10.2. The summed E-state index contributed by atoms with van der Waals surface area (Å²) in [6, 6.07) is 7.05. The van der Waals surface area contributed by atoms with E-state index in [2.05, 4.69) is 15.9 Å². The predicted molar refractivity (Wildman–Crippen MR) is 74.3 cm³/mol. The standard InChI is InChI=1S/C15H11BrF4O/c1-8-6-9(15(18,19)20)2-4-11(8)14(21)12-7-10(16)3-5-13(12)17/h2-7,14,21H,1H3. The van der Waals surface area contributed by atoms with E-state index in [1.807, 2.05) is 0 Å². The van der Waals surface area contributed by atoms with Crippen LogP contribution in [0.3, 0.4) is 0 Å². The smallest absolute Gasteiger partial charge is 0.384 e. The lowest BCUT2D eigenvalue weighted by Gasteiger charge is -2.17. The molecule has 2 rings (SSSR count). The van der Waals surface area contributed by atoms with E-state index in [9.17, 15) is 22.7 Å². The van der Waals surface area contributed by atoms with Gasteiger partial charge in [0.1, 0.15) is 11.9 Å². The van der Waals surface area contributed by atoms with Crippen LogP contribution in [0.2, 0.25) is 0 Å². The maximum Gasteiger partial charge on any atom is 0.416 e. The minimum Gasteiger partial charge on any atom is -0.384 e. The normalized spacial score (nSPS) is 13.3. The lowest BCUT2D eigenvalue weighted by Crippen LogP contribution is -2.09. The summed E-state index contributed by atoms with van der Waals surface area (Å²) in [4.78, 5) is 0. The van der Waals surface area contributed by atoms with E-state index >= 15 is 0 Å². The van der Waals surface area contributed by atoms with Crippen molar-refractivity contribution in [3.63, 3.8) is 0 Å². The summed E-state index contributed by atoms with van der Waals surface area (Å²) in [5.74, 6) is -0.620. The summed E-state index contributed by atoms with van der Waals surface area (Å²) < 4.78 is 52.2. The first-order valence-corrected chi connectivity index (χ1v) is 6.80. The number of aryl methyl sites for hydroxylation is 1. The van der Waals surface area contributed by atoms with Crippen LogP contribution in [-0.2, 0) is 6.18 Å². The molecule has 0 saturated heterocycles. The number of hydrogen-bond donors (Lipinski definition) is 1. The second-order valence-corrected chi connectivity index (χ2v) is 5.55. The Hall–Kier alpha value is -1.40. The van der Waals surface area contributed by atoms with Gasteiger partial charge in [-0.25, -0.2) is 4.39 Å². The Morgan fingerprint density at radius 1 is 1.05 bits per heavy atom. The molecule has 0 radical (unpaired) electrons. The number of alkyl halides is 3. The number of aliphatic hydroxyl groups is 1. The third-order valence-corrected chi connectivity index (χ3v) is 3.64. The van der Waals surface area contributed by atoms with Crippen LogP contribution in [0.1, 0.15) is 28.4 Å². The van der Waals surface area contributed by atoms with Crippen LogP contribution in [0.25, 0.3) is 0 Å². The van der Waals surface area contributed by atoms with Gasteiger partial charge in [0, 0.05) is 10.0 Å². The third kappa shape index (κ3) is 3.44. The van der Waals surface area contributed by atoms with Gasteiger partial charge in [-0.05, 0) is 48.4 Å². The quantitative estimate of drug-likeness (QED) is 0.745. The van der Waals surface area contributed by atoms with Crippen molar-refractivity contribution in [1.82, 2.24) is 0 Å². The molecule has 0 aliphatic heterocycles. The number of benzene rings is 2. The zero-order chi connectivity index (χ0) is 15.8. The highest BCUT2D eigenvalue weighted by Gasteiger charge is 2.31. The minimum absolute atomic E-state index is 0.00670. The Morgan fingerprint density at radius 2 is 1.71 bits per heavy atom. The average molecular weight is 363 g/mol. The Kier molecular flexibility index (Phi) is 4.39. The van der Waals surface area contributed by atoms with E-state index in [-0.39, 0.29) is 16.7 Å². The van der Waals surface area contributed by atoms with E-state index in [1.165, 1.54) is 31.2 Å². The third-order valence-electron chi connectivity index (χ3n) is 3.14. The van der Waals surface area contributed by atoms with Crippen LogP contribution in [-0.4, -0.2) is 5.11 Å². The van der Waals surface area contributed by atoms with E-state index in [0.29, 0.717) is 4.47 Å². The lowest BCUT2D eigenvalue weighted by molar-refractivity contribution is -0.137. The van der Waals surface area contributed by atoms with Gasteiger partial charge >= 0.3 is 6.18 Å². The summed E-state index contributed by atoms with van der Waals surface area (Å²) in [7, 11) is 0. The summed E-state index contributed by atoms with van der Waals surface area (Å²) in [5.41, 5.74) is -0.311. The van der Waals surface area contributed by atoms with Crippen LogP contribution >= 0.6 is 15.9 Å². The molecule has 1 N–H and O–H groups in total. The SMILES string of the molecule is Cc1cc(C(F)(F)F)ccc1C(O)c1cc(Br)ccc1F. The second-order valence-electron chi connectivity index (χ2n) is 4.64. The molecule has 1 unspecified atom stereocenters. The molecule has 21 heavy (non-hydrogen) atoms. The summed E-state index contributed by atoms with van der Waals surface area (Å²) in [6.45, 7) is 1.45. The van der Waals surface area contributed by atoms with Gasteiger partial charge in [-0.3, -0.25) is 0 Å². The van der Waals surface area contributed by atoms with Crippen molar-refractivity contribution in [1.29, 1.82) is 0 Å². The van der Waals surface area contributed by atoms with Crippen LogP contribution < -0.4 is 0 Å². The minimum atomic E-state index is -4.45. The summed E-state index contributed by atoms with van der Waals surface area (Å²) in [6.07, 6.45) is -5.78. The Balaban J connectivity index is 2.44. The van der Waals surface area contributed by atoms with Crippen LogP contribution in [0.15, 0.2) is 40.9 Å². The number of hydrogen-bond acceptors (Lipinski definition) is 1. The molecule has 0 fully saturated rings. The fourth-order valence-corrected chi connectivity index (χ4v) is 2.43. The van der Waals surface area contributed by atoms with Gasteiger partial charge in [-0.2, -0.15) is 13.2 Å². The highest BCUT2D eigenvalue weighted by atomic mass is 79.9. The van der Waals surface area contributed by atoms with Crippen molar-refractivity contribution in [3.8, 4) is 0 Å². The first kappa shape index (κ1) is 16.0. The fraction of sp³-hybridized carbons (Fsp3) is 0.200. The van der Waals surface area contributed by atoms with Crippen molar-refractivity contribution in [2.24, 2.45) is 0 Å². The first-order chi connectivity index (χ1) is 9.70. The van der Waals surface area contributed by atoms with Crippen molar-refractivity contribution < 1.29 is 22.7 Å². The van der Waals surface area contributed by atoms with E-state index in [1.54, 1.807) is 0 Å². The Morgan fingerprint density at radius 3 is 2.29 bits per heavy atom. The maximum absolute atomic E-state index is 13.7.